The minimum Gasteiger partial charge on any atom is -0.310 e. The molecule has 0 aliphatic carbocycles. The summed E-state index contributed by atoms with van der Waals surface area (Å²) in [4.78, 5) is 2.46. The highest BCUT2D eigenvalue weighted by Crippen LogP contribution is 2.30. The Morgan fingerprint density at radius 1 is 1.31 bits per heavy atom. The Kier molecular flexibility index (Phi) is 2.61. The summed E-state index contributed by atoms with van der Waals surface area (Å²) in [5.74, 6) is 0.929. The molecule has 0 bridgehead atoms. The lowest BCUT2D eigenvalue weighted by Crippen LogP contribution is -2.46. The summed E-state index contributed by atoms with van der Waals surface area (Å²) in [6.45, 7) is 6.16. The third-order valence-electron chi connectivity index (χ3n) is 3.80. The first-order valence-corrected chi connectivity index (χ1v) is 5.64. The number of likely N-dealkylation sites (tertiary alicyclic amines) is 1. The molecule has 0 saturated carbocycles. The summed E-state index contributed by atoms with van der Waals surface area (Å²) in [6.07, 6.45) is 5.53. The number of nitrogens with zero attached hydrogens (tertiary/aromatic N) is 1. The smallest absolute Gasteiger partial charge is 0.0320 e. The zero-order valence-corrected chi connectivity index (χ0v) is 8.97. The maximum Gasteiger partial charge on any atom is 0.0320 e. The van der Waals surface area contributed by atoms with Crippen LogP contribution >= 0.6 is 0 Å². The standard InChI is InChI=1S/C11H22N2/c1-10-3-5-11(12-7-4-10)6-8-13(2)9-11/h10,12H,3-9H2,1-2H3. The molecule has 2 rings (SSSR count). The Morgan fingerprint density at radius 3 is 2.85 bits per heavy atom. The fraction of sp³-hybridized carbons (Fsp3) is 1.00. The highest BCUT2D eigenvalue weighted by Gasteiger charge is 2.37. The molecule has 0 radical (unpaired) electrons. The van der Waals surface area contributed by atoms with Crippen molar-refractivity contribution in [2.75, 3.05) is 26.7 Å². The molecule has 2 aliphatic rings. The average Bonchev–Trinajstić information content (AvgIpc) is 2.35. The molecule has 2 aliphatic heterocycles. The molecule has 1 N–H and O–H groups in total. The molecule has 2 unspecified atom stereocenters. The third kappa shape index (κ3) is 2.05. The molecule has 0 aromatic carbocycles. The van der Waals surface area contributed by atoms with Gasteiger partial charge >= 0.3 is 0 Å². The number of hydrogen-bond donors (Lipinski definition) is 1. The lowest BCUT2D eigenvalue weighted by atomic mass is 9.90. The monoisotopic (exact) mass is 182 g/mol. The zero-order chi connectivity index (χ0) is 9.31. The van der Waals surface area contributed by atoms with Gasteiger partial charge in [0.1, 0.15) is 0 Å². The van der Waals surface area contributed by atoms with Crippen molar-refractivity contribution in [3.8, 4) is 0 Å². The summed E-state index contributed by atoms with van der Waals surface area (Å²) in [5, 5.41) is 3.78. The van der Waals surface area contributed by atoms with Gasteiger partial charge in [-0.2, -0.15) is 0 Å². The Bertz CT molecular complexity index is 179. The summed E-state index contributed by atoms with van der Waals surface area (Å²) in [6, 6.07) is 0. The Morgan fingerprint density at radius 2 is 2.15 bits per heavy atom. The number of likely N-dealkylation sites (N-methyl/N-ethyl adjacent to an activating group) is 1. The van der Waals surface area contributed by atoms with Crippen LogP contribution in [-0.2, 0) is 0 Å². The highest BCUT2D eigenvalue weighted by atomic mass is 15.2. The first kappa shape index (κ1) is 9.47. The SMILES string of the molecule is CC1CCNC2(CC1)CCN(C)C2. The van der Waals surface area contributed by atoms with E-state index in [1.807, 2.05) is 0 Å². The van der Waals surface area contributed by atoms with Crippen molar-refractivity contribution in [2.45, 2.75) is 38.1 Å². The van der Waals surface area contributed by atoms with Crippen LogP contribution in [0.4, 0.5) is 0 Å². The normalized spacial score (nSPS) is 42.5. The predicted molar refractivity (Wildman–Crippen MR) is 55.9 cm³/mol. The van der Waals surface area contributed by atoms with E-state index in [0.29, 0.717) is 5.54 Å². The molecule has 2 nitrogen and oxygen atoms in total. The van der Waals surface area contributed by atoms with Crippen LogP contribution in [0.2, 0.25) is 0 Å². The fourth-order valence-electron chi connectivity index (χ4n) is 2.77. The summed E-state index contributed by atoms with van der Waals surface area (Å²) in [7, 11) is 2.24. The number of rotatable bonds is 0. The van der Waals surface area contributed by atoms with Crippen LogP contribution in [0.25, 0.3) is 0 Å². The molecule has 76 valence electrons. The predicted octanol–water partition coefficient (Wildman–Crippen LogP) is 1.47. The van der Waals surface area contributed by atoms with Gasteiger partial charge in [0.2, 0.25) is 0 Å². The topological polar surface area (TPSA) is 15.3 Å². The van der Waals surface area contributed by atoms with Crippen molar-refractivity contribution in [3.05, 3.63) is 0 Å². The van der Waals surface area contributed by atoms with E-state index in [0.717, 1.165) is 5.92 Å². The van der Waals surface area contributed by atoms with Gasteiger partial charge in [-0.05, 0) is 51.7 Å². The van der Waals surface area contributed by atoms with Crippen LogP contribution in [0, 0.1) is 5.92 Å². The second kappa shape index (κ2) is 3.58. The summed E-state index contributed by atoms with van der Waals surface area (Å²) in [5.41, 5.74) is 0.486. The van der Waals surface area contributed by atoms with E-state index in [-0.39, 0.29) is 0 Å². The molecule has 2 saturated heterocycles. The van der Waals surface area contributed by atoms with Crippen molar-refractivity contribution in [1.29, 1.82) is 0 Å². The van der Waals surface area contributed by atoms with Crippen molar-refractivity contribution in [3.63, 3.8) is 0 Å². The molecule has 1 spiro atoms. The Hall–Kier alpha value is -0.0800. The van der Waals surface area contributed by atoms with Gasteiger partial charge in [-0.25, -0.2) is 0 Å². The van der Waals surface area contributed by atoms with Crippen LogP contribution in [0.1, 0.15) is 32.6 Å². The number of nitrogens with one attached hydrogen (secondary N) is 1. The van der Waals surface area contributed by atoms with E-state index in [2.05, 4.69) is 24.2 Å². The third-order valence-corrected chi connectivity index (χ3v) is 3.80. The minimum absolute atomic E-state index is 0.486. The average molecular weight is 182 g/mol. The largest absolute Gasteiger partial charge is 0.310 e. The molecule has 13 heavy (non-hydrogen) atoms. The van der Waals surface area contributed by atoms with Gasteiger partial charge in [-0.1, -0.05) is 6.92 Å². The molecule has 2 fully saturated rings. The second-order valence-electron chi connectivity index (χ2n) is 5.13. The van der Waals surface area contributed by atoms with Crippen molar-refractivity contribution >= 4 is 0 Å². The number of hydrogen-bond acceptors (Lipinski definition) is 2. The summed E-state index contributed by atoms with van der Waals surface area (Å²) >= 11 is 0. The molecule has 0 aromatic rings. The lowest BCUT2D eigenvalue weighted by molar-refractivity contribution is 0.302. The van der Waals surface area contributed by atoms with Crippen molar-refractivity contribution < 1.29 is 0 Å². The van der Waals surface area contributed by atoms with Gasteiger partial charge < -0.3 is 10.2 Å². The lowest BCUT2D eigenvalue weighted by Gasteiger charge is -2.28. The first-order chi connectivity index (χ1) is 6.20. The van der Waals surface area contributed by atoms with E-state index < -0.39 is 0 Å². The van der Waals surface area contributed by atoms with Crippen molar-refractivity contribution in [1.82, 2.24) is 10.2 Å². The molecule has 0 amide bonds. The van der Waals surface area contributed by atoms with E-state index in [1.165, 1.54) is 45.3 Å². The van der Waals surface area contributed by atoms with E-state index in [9.17, 15) is 0 Å². The minimum atomic E-state index is 0.486. The van der Waals surface area contributed by atoms with Gasteiger partial charge in [0, 0.05) is 12.1 Å². The first-order valence-electron chi connectivity index (χ1n) is 5.64. The molecular weight excluding hydrogens is 160 g/mol. The van der Waals surface area contributed by atoms with Gasteiger partial charge in [-0.3, -0.25) is 0 Å². The van der Waals surface area contributed by atoms with Crippen LogP contribution in [-0.4, -0.2) is 37.1 Å². The van der Waals surface area contributed by atoms with E-state index in [4.69, 9.17) is 0 Å². The van der Waals surface area contributed by atoms with Crippen LogP contribution < -0.4 is 5.32 Å². The summed E-state index contributed by atoms with van der Waals surface area (Å²) < 4.78 is 0. The van der Waals surface area contributed by atoms with Gasteiger partial charge in [-0.15, -0.1) is 0 Å². The van der Waals surface area contributed by atoms with Gasteiger partial charge in [0.15, 0.2) is 0 Å². The maximum atomic E-state index is 3.78. The molecule has 0 aromatic heterocycles. The zero-order valence-electron chi connectivity index (χ0n) is 8.97. The highest BCUT2D eigenvalue weighted by molar-refractivity contribution is 4.97. The van der Waals surface area contributed by atoms with Crippen LogP contribution in [0.3, 0.4) is 0 Å². The quantitative estimate of drug-likeness (QED) is 0.610. The van der Waals surface area contributed by atoms with Crippen LogP contribution in [0.5, 0.6) is 0 Å². The molecule has 2 atom stereocenters. The molecular formula is C11H22N2. The van der Waals surface area contributed by atoms with Gasteiger partial charge in [0.05, 0.1) is 0 Å². The van der Waals surface area contributed by atoms with E-state index >= 15 is 0 Å². The van der Waals surface area contributed by atoms with E-state index in [1.54, 1.807) is 0 Å². The molecule has 2 heteroatoms. The Balaban J connectivity index is 1.98. The second-order valence-corrected chi connectivity index (χ2v) is 5.13. The maximum absolute atomic E-state index is 3.78. The van der Waals surface area contributed by atoms with Gasteiger partial charge in [0.25, 0.3) is 0 Å². The van der Waals surface area contributed by atoms with Crippen LogP contribution in [0.15, 0.2) is 0 Å². The Labute approximate surface area is 81.7 Å². The molecule has 2 heterocycles. The van der Waals surface area contributed by atoms with Crippen molar-refractivity contribution in [2.24, 2.45) is 5.92 Å². The fourth-order valence-corrected chi connectivity index (χ4v) is 2.77.